The van der Waals surface area contributed by atoms with Crippen molar-refractivity contribution in [2.75, 3.05) is 13.2 Å². The molecule has 1 fully saturated rings. The minimum atomic E-state index is -0.504. The summed E-state index contributed by atoms with van der Waals surface area (Å²) in [6.45, 7) is 5.07. The predicted molar refractivity (Wildman–Crippen MR) is 67.7 cm³/mol. The highest BCUT2D eigenvalue weighted by Crippen LogP contribution is 2.23. The van der Waals surface area contributed by atoms with Crippen LogP contribution in [-0.4, -0.2) is 45.6 Å². The largest absolute Gasteiger partial charge is 0.394 e. The standard InChI is InChI=1S/C13H19N3O2/c1-13(2)9-15-12(18)11(8-17)16(13)7-10-5-3-4-6-14-10/h3-6,11,17H,7-9H2,1-2H3,(H,15,18). The number of aliphatic hydroxyl groups is 1. The van der Waals surface area contributed by atoms with Gasteiger partial charge < -0.3 is 10.4 Å². The Morgan fingerprint density at radius 2 is 2.33 bits per heavy atom. The zero-order valence-electron chi connectivity index (χ0n) is 10.8. The number of carbonyl (C=O) groups is 1. The molecule has 2 N–H and O–H groups in total. The summed E-state index contributed by atoms with van der Waals surface area (Å²) in [6.07, 6.45) is 1.74. The normalized spacial score (nSPS) is 23.7. The molecule has 98 valence electrons. The van der Waals surface area contributed by atoms with Gasteiger partial charge >= 0.3 is 0 Å². The predicted octanol–water partition coefficient (Wildman–Crippen LogP) is 0.153. The van der Waals surface area contributed by atoms with Crippen LogP contribution in [0.5, 0.6) is 0 Å². The first-order valence-corrected chi connectivity index (χ1v) is 6.10. The van der Waals surface area contributed by atoms with Crippen molar-refractivity contribution in [3.63, 3.8) is 0 Å². The second-order valence-electron chi connectivity index (χ2n) is 5.18. The van der Waals surface area contributed by atoms with E-state index in [1.807, 2.05) is 23.1 Å². The lowest BCUT2D eigenvalue weighted by Gasteiger charge is -2.46. The third-order valence-corrected chi connectivity index (χ3v) is 3.38. The van der Waals surface area contributed by atoms with Gasteiger partial charge in [-0.25, -0.2) is 0 Å². The number of piperazine rings is 1. The van der Waals surface area contributed by atoms with Crippen LogP contribution in [0.25, 0.3) is 0 Å². The Hall–Kier alpha value is -1.46. The number of hydrogen-bond donors (Lipinski definition) is 2. The van der Waals surface area contributed by atoms with Crippen LogP contribution in [-0.2, 0) is 11.3 Å². The number of amides is 1. The Labute approximate surface area is 107 Å². The average Bonchev–Trinajstić information content (AvgIpc) is 2.36. The molecule has 0 aliphatic carbocycles. The molecule has 1 atom stereocenters. The van der Waals surface area contributed by atoms with Crippen molar-refractivity contribution in [1.29, 1.82) is 0 Å². The van der Waals surface area contributed by atoms with E-state index in [9.17, 15) is 9.90 Å². The third kappa shape index (κ3) is 2.52. The quantitative estimate of drug-likeness (QED) is 0.800. The van der Waals surface area contributed by atoms with Gasteiger partial charge in [0.25, 0.3) is 0 Å². The van der Waals surface area contributed by atoms with E-state index in [0.717, 1.165) is 5.69 Å². The molecule has 5 heteroatoms. The van der Waals surface area contributed by atoms with Crippen molar-refractivity contribution < 1.29 is 9.90 Å². The lowest BCUT2D eigenvalue weighted by atomic mass is 9.95. The number of nitrogens with one attached hydrogen (secondary N) is 1. The Bertz CT molecular complexity index is 420. The Morgan fingerprint density at radius 1 is 1.56 bits per heavy atom. The third-order valence-electron chi connectivity index (χ3n) is 3.38. The zero-order chi connectivity index (χ0) is 13.2. The van der Waals surface area contributed by atoms with E-state index in [-0.39, 0.29) is 18.1 Å². The molecule has 2 rings (SSSR count). The summed E-state index contributed by atoms with van der Waals surface area (Å²) in [6, 6.07) is 5.21. The molecule has 1 saturated heterocycles. The molecular weight excluding hydrogens is 230 g/mol. The molecule has 0 bridgehead atoms. The van der Waals surface area contributed by atoms with Gasteiger partial charge in [-0.3, -0.25) is 14.7 Å². The van der Waals surface area contributed by atoms with Crippen molar-refractivity contribution in [3.05, 3.63) is 30.1 Å². The summed E-state index contributed by atoms with van der Waals surface area (Å²) >= 11 is 0. The minimum Gasteiger partial charge on any atom is -0.394 e. The molecule has 1 aromatic heterocycles. The summed E-state index contributed by atoms with van der Waals surface area (Å²) in [5, 5.41) is 12.2. The van der Waals surface area contributed by atoms with Gasteiger partial charge in [-0.15, -0.1) is 0 Å². The highest BCUT2D eigenvalue weighted by molar-refractivity contribution is 5.83. The lowest BCUT2D eigenvalue weighted by Crippen LogP contribution is -2.66. The molecule has 2 heterocycles. The van der Waals surface area contributed by atoms with Gasteiger partial charge in [0.15, 0.2) is 0 Å². The van der Waals surface area contributed by atoms with Crippen molar-refractivity contribution in [3.8, 4) is 0 Å². The molecule has 0 saturated carbocycles. The van der Waals surface area contributed by atoms with Gasteiger partial charge in [0.2, 0.25) is 5.91 Å². The summed E-state index contributed by atoms with van der Waals surface area (Å²) in [4.78, 5) is 18.1. The van der Waals surface area contributed by atoms with E-state index in [1.165, 1.54) is 0 Å². The van der Waals surface area contributed by atoms with Crippen LogP contribution < -0.4 is 5.32 Å². The SMILES string of the molecule is CC1(C)CNC(=O)C(CO)N1Cc1ccccn1. The van der Waals surface area contributed by atoms with Crippen LogP contribution in [0.2, 0.25) is 0 Å². The van der Waals surface area contributed by atoms with Gasteiger partial charge in [0, 0.05) is 24.8 Å². The number of aliphatic hydroxyl groups excluding tert-OH is 1. The fourth-order valence-corrected chi connectivity index (χ4v) is 2.26. The maximum Gasteiger partial charge on any atom is 0.239 e. The second-order valence-corrected chi connectivity index (χ2v) is 5.18. The summed E-state index contributed by atoms with van der Waals surface area (Å²) in [7, 11) is 0. The molecule has 5 nitrogen and oxygen atoms in total. The lowest BCUT2D eigenvalue weighted by molar-refractivity contribution is -0.137. The maximum atomic E-state index is 11.8. The first kappa shape index (κ1) is 13.0. The molecule has 1 aliphatic rings. The second kappa shape index (κ2) is 5.04. The first-order valence-electron chi connectivity index (χ1n) is 6.10. The molecular formula is C13H19N3O2. The number of pyridine rings is 1. The van der Waals surface area contributed by atoms with Gasteiger partial charge in [0.05, 0.1) is 12.3 Å². The van der Waals surface area contributed by atoms with Crippen LogP contribution in [0.3, 0.4) is 0 Å². The van der Waals surface area contributed by atoms with Crippen LogP contribution in [0.1, 0.15) is 19.5 Å². The topological polar surface area (TPSA) is 65.5 Å². The Morgan fingerprint density at radius 3 is 2.94 bits per heavy atom. The fraction of sp³-hybridized carbons (Fsp3) is 0.538. The minimum absolute atomic E-state index is 0.118. The van der Waals surface area contributed by atoms with E-state index < -0.39 is 6.04 Å². The summed E-state index contributed by atoms with van der Waals surface area (Å²) in [5.41, 5.74) is 0.706. The number of hydrogen-bond acceptors (Lipinski definition) is 4. The van der Waals surface area contributed by atoms with Crippen molar-refractivity contribution in [1.82, 2.24) is 15.2 Å². The van der Waals surface area contributed by atoms with Crippen LogP contribution in [0, 0.1) is 0 Å². The number of aromatic nitrogens is 1. The number of nitrogens with zero attached hydrogens (tertiary/aromatic N) is 2. The molecule has 1 aliphatic heterocycles. The van der Waals surface area contributed by atoms with E-state index >= 15 is 0 Å². The zero-order valence-corrected chi connectivity index (χ0v) is 10.8. The highest BCUT2D eigenvalue weighted by Gasteiger charge is 2.40. The first-order chi connectivity index (χ1) is 8.54. The van der Waals surface area contributed by atoms with E-state index in [1.54, 1.807) is 6.20 Å². The van der Waals surface area contributed by atoms with Gasteiger partial charge in [0.1, 0.15) is 6.04 Å². The Kier molecular flexibility index (Phi) is 3.63. The molecule has 1 unspecified atom stereocenters. The van der Waals surface area contributed by atoms with Gasteiger partial charge in [-0.2, -0.15) is 0 Å². The van der Waals surface area contributed by atoms with Crippen LogP contribution >= 0.6 is 0 Å². The molecule has 0 spiro atoms. The fourth-order valence-electron chi connectivity index (χ4n) is 2.26. The molecule has 18 heavy (non-hydrogen) atoms. The number of rotatable bonds is 3. The van der Waals surface area contributed by atoms with E-state index in [0.29, 0.717) is 13.1 Å². The van der Waals surface area contributed by atoms with Crippen molar-refractivity contribution >= 4 is 5.91 Å². The van der Waals surface area contributed by atoms with E-state index in [4.69, 9.17) is 0 Å². The molecule has 0 aromatic carbocycles. The molecule has 1 amide bonds. The van der Waals surface area contributed by atoms with Gasteiger partial charge in [-0.1, -0.05) is 6.07 Å². The number of carbonyl (C=O) groups excluding carboxylic acids is 1. The van der Waals surface area contributed by atoms with Crippen molar-refractivity contribution in [2.45, 2.75) is 32.0 Å². The summed E-state index contributed by atoms with van der Waals surface area (Å²) in [5.74, 6) is -0.118. The molecule has 0 radical (unpaired) electrons. The summed E-state index contributed by atoms with van der Waals surface area (Å²) < 4.78 is 0. The maximum absolute atomic E-state index is 11.8. The monoisotopic (exact) mass is 249 g/mol. The van der Waals surface area contributed by atoms with Crippen LogP contribution in [0.15, 0.2) is 24.4 Å². The Balaban J connectivity index is 2.22. The van der Waals surface area contributed by atoms with E-state index in [2.05, 4.69) is 24.1 Å². The molecule has 1 aromatic rings. The smallest absolute Gasteiger partial charge is 0.239 e. The highest BCUT2D eigenvalue weighted by atomic mass is 16.3. The van der Waals surface area contributed by atoms with Gasteiger partial charge in [-0.05, 0) is 26.0 Å². The average molecular weight is 249 g/mol. The van der Waals surface area contributed by atoms with Crippen molar-refractivity contribution in [2.24, 2.45) is 0 Å². The van der Waals surface area contributed by atoms with Crippen LogP contribution in [0.4, 0.5) is 0 Å².